The maximum atomic E-state index is 13.7. The minimum absolute atomic E-state index is 0.0942. The van der Waals surface area contributed by atoms with Crippen LogP contribution in [0.3, 0.4) is 0 Å². The van der Waals surface area contributed by atoms with Crippen molar-refractivity contribution in [3.05, 3.63) is 34.1 Å². The summed E-state index contributed by atoms with van der Waals surface area (Å²) in [6.45, 7) is 1.70. The fourth-order valence-corrected chi connectivity index (χ4v) is 2.33. The van der Waals surface area contributed by atoms with Crippen LogP contribution < -0.4 is 5.32 Å². The van der Waals surface area contributed by atoms with Gasteiger partial charge in [0.2, 0.25) is 0 Å². The number of piperidine rings is 1. The molecule has 1 saturated heterocycles. The highest BCUT2D eigenvalue weighted by Crippen LogP contribution is 2.28. The zero-order chi connectivity index (χ0) is 12.4. The van der Waals surface area contributed by atoms with E-state index in [0.717, 1.165) is 25.9 Å². The fourth-order valence-electron chi connectivity index (χ4n) is 2.17. The van der Waals surface area contributed by atoms with Crippen LogP contribution in [0.25, 0.3) is 0 Å². The first-order valence-corrected chi connectivity index (χ1v) is 6.00. The summed E-state index contributed by atoms with van der Waals surface area (Å²) in [5.74, 6) is -2.62. The van der Waals surface area contributed by atoms with E-state index in [4.69, 9.17) is 11.6 Å². The Balaban J connectivity index is 2.22. The third kappa shape index (κ3) is 2.75. The predicted molar refractivity (Wildman–Crippen MR) is 60.6 cm³/mol. The number of rotatable bonds is 2. The first-order chi connectivity index (χ1) is 8.09. The van der Waals surface area contributed by atoms with Crippen LogP contribution >= 0.6 is 11.6 Å². The predicted octanol–water partition coefficient (Wildman–Crippen LogP) is 3.30. The Hall–Kier alpha value is -0.740. The molecule has 0 radical (unpaired) electrons. The second-order valence-corrected chi connectivity index (χ2v) is 4.72. The molecule has 0 bridgehead atoms. The monoisotopic (exact) mass is 263 g/mol. The standard InChI is InChI=1S/C12H13ClF3N/c13-11-10(15)6-9(14)8(12(11)16)5-7-1-3-17-4-2-7/h6-7,17H,1-5H2. The number of halogens is 4. The molecule has 0 unspecified atom stereocenters. The molecule has 0 amide bonds. The fraction of sp³-hybridized carbons (Fsp3) is 0.500. The van der Waals surface area contributed by atoms with Gasteiger partial charge < -0.3 is 5.32 Å². The molecule has 0 aromatic heterocycles. The average Bonchev–Trinajstić information content (AvgIpc) is 2.33. The van der Waals surface area contributed by atoms with Gasteiger partial charge in [-0.1, -0.05) is 11.6 Å². The maximum absolute atomic E-state index is 13.7. The highest BCUT2D eigenvalue weighted by atomic mass is 35.5. The third-order valence-electron chi connectivity index (χ3n) is 3.16. The number of hydrogen-bond donors (Lipinski definition) is 1. The molecule has 0 spiro atoms. The van der Waals surface area contributed by atoms with Crippen LogP contribution in [0, 0.1) is 23.4 Å². The van der Waals surface area contributed by atoms with E-state index in [2.05, 4.69) is 5.32 Å². The molecular weight excluding hydrogens is 251 g/mol. The van der Waals surface area contributed by atoms with Gasteiger partial charge >= 0.3 is 0 Å². The van der Waals surface area contributed by atoms with Crippen LogP contribution in [0.15, 0.2) is 6.07 Å². The van der Waals surface area contributed by atoms with E-state index in [0.29, 0.717) is 6.07 Å². The summed E-state index contributed by atoms with van der Waals surface area (Å²) in [7, 11) is 0. The first-order valence-electron chi connectivity index (χ1n) is 5.62. The SMILES string of the molecule is Fc1cc(F)c(CC2CCNCC2)c(F)c1Cl. The molecular formula is C12H13ClF3N. The van der Waals surface area contributed by atoms with Crippen LogP contribution in [0.4, 0.5) is 13.2 Å². The van der Waals surface area contributed by atoms with Gasteiger partial charge in [0, 0.05) is 11.6 Å². The Labute approximate surface area is 103 Å². The van der Waals surface area contributed by atoms with Gasteiger partial charge in [-0.05, 0) is 38.3 Å². The van der Waals surface area contributed by atoms with Crippen molar-refractivity contribution in [2.45, 2.75) is 19.3 Å². The summed E-state index contributed by atoms with van der Waals surface area (Å²) in [4.78, 5) is 0. The average molecular weight is 264 g/mol. The summed E-state index contributed by atoms with van der Waals surface area (Å²) in [6, 6.07) is 0.655. The lowest BCUT2D eigenvalue weighted by Gasteiger charge is -2.23. The largest absolute Gasteiger partial charge is 0.317 e. The van der Waals surface area contributed by atoms with E-state index in [-0.39, 0.29) is 17.9 Å². The summed E-state index contributed by atoms with van der Waals surface area (Å²) >= 11 is 5.44. The van der Waals surface area contributed by atoms with Crippen molar-refractivity contribution in [1.82, 2.24) is 5.32 Å². The highest BCUT2D eigenvalue weighted by Gasteiger charge is 2.21. The van der Waals surface area contributed by atoms with Crippen molar-refractivity contribution in [3.8, 4) is 0 Å². The smallest absolute Gasteiger partial charge is 0.150 e. The molecule has 1 nitrogen and oxygen atoms in total. The van der Waals surface area contributed by atoms with Crippen LogP contribution in [0.2, 0.25) is 5.02 Å². The zero-order valence-electron chi connectivity index (χ0n) is 9.20. The van der Waals surface area contributed by atoms with E-state index in [9.17, 15) is 13.2 Å². The summed E-state index contributed by atoms with van der Waals surface area (Å²) in [6.07, 6.45) is 2.01. The van der Waals surface area contributed by atoms with Gasteiger partial charge in [0.15, 0.2) is 5.82 Å². The minimum Gasteiger partial charge on any atom is -0.317 e. The molecule has 1 aliphatic rings. The topological polar surface area (TPSA) is 12.0 Å². The Morgan fingerprint density at radius 1 is 1.18 bits per heavy atom. The molecule has 1 heterocycles. The second-order valence-electron chi connectivity index (χ2n) is 4.34. The van der Waals surface area contributed by atoms with Crippen LogP contribution in [-0.2, 0) is 6.42 Å². The van der Waals surface area contributed by atoms with Gasteiger partial charge in [-0.2, -0.15) is 0 Å². The van der Waals surface area contributed by atoms with Crippen molar-refractivity contribution in [3.63, 3.8) is 0 Å². The Bertz CT molecular complexity index is 417. The van der Waals surface area contributed by atoms with Gasteiger partial charge in [-0.25, -0.2) is 13.2 Å². The number of hydrogen-bond acceptors (Lipinski definition) is 1. The Morgan fingerprint density at radius 3 is 2.47 bits per heavy atom. The molecule has 0 saturated carbocycles. The lowest BCUT2D eigenvalue weighted by atomic mass is 9.90. The van der Waals surface area contributed by atoms with E-state index >= 15 is 0 Å². The second kappa shape index (κ2) is 5.27. The van der Waals surface area contributed by atoms with Gasteiger partial charge in [0.05, 0.1) is 0 Å². The molecule has 0 aliphatic carbocycles. The van der Waals surface area contributed by atoms with E-state index < -0.39 is 22.5 Å². The number of nitrogens with one attached hydrogen (secondary N) is 1. The molecule has 1 aliphatic heterocycles. The molecule has 5 heteroatoms. The van der Waals surface area contributed by atoms with Crippen LogP contribution in [0.1, 0.15) is 18.4 Å². The van der Waals surface area contributed by atoms with E-state index in [1.807, 2.05) is 0 Å². The summed E-state index contributed by atoms with van der Waals surface area (Å²) in [5, 5.41) is 2.56. The molecule has 1 aromatic carbocycles. The lowest BCUT2D eigenvalue weighted by molar-refractivity contribution is 0.362. The molecule has 0 atom stereocenters. The quantitative estimate of drug-likeness (QED) is 0.638. The maximum Gasteiger partial charge on any atom is 0.150 e. The highest BCUT2D eigenvalue weighted by molar-refractivity contribution is 6.30. The Morgan fingerprint density at radius 2 is 1.82 bits per heavy atom. The molecule has 2 rings (SSSR count). The van der Waals surface area contributed by atoms with Crippen molar-refractivity contribution in [2.75, 3.05) is 13.1 Å². The van der Waals surface area contributed by atoms with Gasteiger partial charge in [0.1, 0.15) is 16.7 Å². The van der Waals surface area contributed by atoms with E-state index in [1.165, 1.54) is 0 Å². The van der Waals surface area contributed by atoms with E-state index in [1.54, 1.807) is 0 Å². The third-order valence-corrected chi connectivity index (χ3v) is 3.51. The summed E-state index contributed by atoms with van der Waals surface area (Å²) in [5.41, 5.74) is -0.0942. The molecule has 1 fully saturated rings. The lowest BCUT2D eigenvalue weighted by Crippen LogP contribution is -2.29. The zero-order valence-corrected chi connectivity index (χ0v) is 9.96. The number of benzene rings is 1. The van der Waals surface area contributed by atoms with Crippen LogP contribution in [0.5, 0.6) is 0 Å². The van der Waals surface area contributed by atoms with Gasteiger partial charge in [-0.15, -0.1) is 0 Å². The molecule has 1 aromatic rings. The normalized spacial score (nSPS) is 17.4. The van der Waals surface area contributed by atoms with Crippen molar-refractivity contribution in [1.29, 1.82) is 0 Å². The molecule has 1 N–H and O–H groups in total. The van der Waals surface area contributed by atoms with Crippen LogP contribution in [-0.4, -0.2) is 13.1 Å². The van der Waals surface area contributed by atoms with Crippen molar-refractivity contribution < 1.29 is 13.2 Å². The minimum atomic E-state index is -1.05. The van der Waals surface area contributed by atoms with Gasteiger partial charge in [-0.3, -0.25) is 0 Å². The summed E-state index contributed by atoms with van der Waals surface area (Å²) < 4.78 is 40.1. The first kappa shape index (κ1) is 12.7. The van der Waals surface area contributed by atoms with Crippen molar-refractivity contribution in [2.24, 2.45) is 5.92 Å². The molecule has 94 valence electrons. The van der Waals surface area contributed by atoms with Gasteiger partial charge in [0.25, 0.3) is 0 Å². The van der Waals surface area contributed by atoms with Crippen molar-refractivity contribution >= 4 is 11.6 Å². The molecule has 17 heavy (non-hydrogen) atoms. The Kier molecular flexibility index (Phi) is 3.94.